The van der Waals surface area contributed by atoms with Crippen molar-refractivity contribution in [3.8, 4) is 0 Å². The zero-order chi connectivity index (χ0) is 25.4. The summed E-state index contributed by atoms with van der Waals surface area (Å²) in [6.07, 6.45) is 0. The lowest BCUT2D eigenvalue weighted by molar-refractivity contribution is -0.384. The number of esters is 1. The van der Waals surface area contributed by atoms with Crippen molar-refractivity contribution in [1.82, 2.24) is 5.32 Å². The van der Waals surface area contributed by atoms with Gasteiger partial charge in [-0.2, -0.15) is 0 Å². The lowest BCUT2D eigenvalue weighted by Crippen LogP contribution is -2.32. The van der Waals surface area contributed by atoms with Crippen LogP contribution < -0.4 is 10.6 Å². The SMILES string of the molecule is O=C(COC(=O)CNC(=O)c1ccc(Cl)c([N+](=O)[O-])c1)Nc1ccccc1C(=O)c1ccccc1. The first-order valence-electron chi connectivity index (χ1n) is 10.1. The lowest BCUT2D eigenvalue weighted by atomic mass is 10.0. The molecule has 10 nitrogen and oxygen atoms in total. The third kappa shape index (κ3) is 6.71. The van der Waals surface area contributed by atoms with E-state index in [0.29, 0.717) is 5.56 Å². The highest BCUT2D eigenvalue weighted by atomic mass is 35.5. The van der Waals surface area contributed by atoms with Crippen molar-refractivity contribution in [2.45, 2.75) is 0 Å². The van der Waals surface area contributed by atoms with Crippen molar-refractivity contribution >= 4 is 46.5 Å². The fourth-order valence-electron chi connectivity index (χ4n) is 2.97. The van der Waals surface area contributed by atoms with Gasteiger partial charge in [-0.05, 0) is 24.3 Å². The van der Waals surface area contributed by atoms with E-state index in [1.807, 2.05) is 0 Å². The Morgan fingerprint density at radius 1 is 0.914 bits per heavy atom. The number of halogens is 1. The molecule has 3 aromatic carbocycles. The third-order valence-corrected chi connectivity index (χ3v) is 4.96. The molecule has 0 saturated carbocycles. The fraction of sp³-hybridized carbons (Fsp3) is 0.0833. The molecule has 0 aromatic heterocycles. The van der Waals surface area contributed by atoms with E-state index in [0.717, 1.165) is 6.07 Å². The van der Waals surface area contributed by atoms with Crippen LogP contribution in [0.5, 0.6) is 0 Å². The molecule has 2 amide bonds. The minimum atomic E-state index is -0.911. The van der Waals surface area contributed by atoms with E-state index in [4.69, 9.17) is 16.3 Å². The molecule has 0 bridgehead atoms. The van der Waals surface area contributed by atoms with E-state index < -0.39 is 41.5 Å². The maximum atomic E-state index is 12.7. The first-order valence-corrected chi connectivity index (χ1v) is 10.5. The number of ketones is 1. The van der Waals surface area contributed by atoms with Crippen LogP contribution in [0.1, 0.15) is 26.3 Å². The maximum Gasteiger partial charge on any atom is 0.325 e. The summed E-state index contributed by atoms with van der Waals surface area (Å²) in [7, 11) is 0. The van der Waals surface area contributed by atoms with Crippen molar-refractivity contribution in [3.63, 3.8) is 0 Å². The van der Waals surface area contributed by atoms with Crippen molar-refractivity contribution in [3.05, 3.63) is 105 Å². The molecule has 2 N–H and O–H groups in total. The van der Waals surface area contributed by atoms with E-state index >= 15 is 0 Å². The second kappa shape index (κ2) is 11.5. The van der Waals surface area contributed by atoms with Crippen LogP contribution in [0.15, 0.2) is 72.8 Å². The summed E-state index contributed by atoms with van der Waals surface area (Å²) < 4.78 is 4.85. The number of ether oxygens (including phenoxy) is 1. The number of amides is 2. The molecule has 178 valence electrons. The molecular formula is C24H18ClN3O7. The van der Waals surface area contributed by atoms with Gasteiger partial charge >= 0.3 is 5.97 Å². The zero-order valence-corrected chi connectivity index (χ0v) is 18.8. The van der Waals surface area contributed by atoms with Gasteiger partial charge in [0.15, 0.2) is 12.4 Å². The number of nitrogens with zero attached hydrogens (tertiary/aromatic N) is 1. The molecule has 0 heterocycles. The van der Waals surface area contributed by atoms with Crippen LogP contribution in [0, 0.1) is 10.1 Å². The second-order valence-corrected chi connectivity index (χ2v) is 7.46. The summed E-state index contributed by atoms with van der Waals surface area (Å²) in [6, 6.07) is 18.4. The number of carbonyl (C=O) groups excluding carboxylic acids is 4. The minimum absolute atomic E-state index is 0.0775. The molecule has 11 heteroatoms. The van der Waals surface area contributed by atoms with Crippen LogP contribution >= 0.6 is 11.6 Å². The Balaban J connectivity index is 1.52. The largest absolute Gasteiger partial charge is 0.454 e. The molecule has 0 unspecified atom stereocenters. The van der Waals surface area contributed by atoms with Gasteiger partial charge in [0.05, 0.1) is 10.6 Å². The van der Waals surface area contributed by atoms with Gasteiger partial charge < -0.3 is 15.4 Å². The van der Waals surface area contributed by atoms with Gasteiger partial charge in [0.1, 0.15) is 11.6 Å². The number of hydrogen-bond acceptors (Lipinski definition) is 7. The summed E-state index contributed by atoms with van der Waals surface area (Å²) in [5.41, 5.74) is 0.432. The Labute approximate surface area is 204 Å². The number of para-hydroxylation sites is 1. The van der Waals surface area contributed by atoms with Crippen molar-refractivity contribution in [2.24, 2.45) is 0 Å². The predicted molar refractivity (Wildman–Crippen MR) is 126 cm³/mol. The van der Waals surface area contributed by atoms with E-state index in [1.54, 1.807) is 54.6 Å². The molecule has 0 saturated heterocycles. The van der Waals surface area contributed by atoms with Gasteiger partial charge in [-0.1, -0.05) is 54.1 Å². The van der Waals surface area contributed by atoms with Crippen LogP contribution in [0.3, 0.4) is 0 Å². The van der Waals surface area contributed by atoms with Crippen LogP contribution in [-0.2, 0) is 14.3 Å². The second-order valence-electron chi connectivity index (χ2n) is 7.06. The van der Waals surface area contributed by atoms with Crippen molar-refractivity contribution in [2.75, 3.05) is 18.5 Å². The first kappa shape index (κ1) is 25.1. The van der Waals surface area contributed by atoms with Crippen LogP contribution in [0.25, 0.3) is 0 Å². The molecule has 0 atom stereocenters. The number of nitrogens with one attached hydrogen (secondary N) is 2. The number of rotatable bonds is 9. The molecule has 3 rings (SSSR count). The smallest absolute Gasteiger partial charge is 0.325 e. The number of nitro benzene ring substituents is 1. The fourth-order valence-corrected chi connectivity index (χ4v) is 3.15. The Bertz CT molecular complexity index is 1300. The van der Waals surface area contributed by atoms with Crippen molar-refractivity contribution < 1.29 is 28.8 Å². The van der Waals surface area contributed by atoms with Gasteiger partial charge in [-0.15, -0.1) is 0 Å². The summed E-state index contributed by atoms with van der Waals surface area (Å²) in [4.78, 5) is 59.2. The van der Waals surface area contributed by atoms with E-state index in [9.17, 15) is 29.3 Å². The molecule has 0 spiro atoms. The summed E-state index contributed by atoms with van der Waals surface area (Å²) in [5.74, 6) is -2.65. The van der Waals surface area contributed by atoms with Gasteiger partial charge in [0.2, 0.25) is 0 Å². The molecule has 0 aliphatic heterocycles. The average molecular weight is 496 g/mol. The van der Waals surface area contributed by atoms with Crippen LogP contribution in [-0.4, -0.2) is 41.6 Å². The highest BCUT2D eigenvalue weighted by Crippen LogP contribution is 2.25. The third-order valence-electron chi connectivity index (χ3n) is 4.64. The number of benzene rings is 3. The predicted octanol–water partition coefficient (Wildman–Crippen LogP) is 3.39. The molecule has 0 radical (unpaired) electrons. The Morgan fingerprint density at radius 3 is 2.31 bits per heavy atom. The number of carbonyl (C=O) groups is 4. The molecule has 3 aromatic rings. The van der Waals surface area contributed by atoms with Crippen LogP contribution in [0.4, 0.5) is 11.4 Å². The molecule has 0 aliphatic carbocycles. The van der Waals surface area contributed by atoms with Gasteiger partial charge in [-0.3, -0.25) is 29.3 Å². The normalized spacial score (nSPS) is 10.2. The topological polar surface area (TPSA) is 145 Å². The van der Waals surface area contributed by atoms with Crippen LogP contribution in [0.2, 0.25) is 5.02 Å². The monoisotopic (exact) mass is 495 g/mol. The Kier molecular flexibility index (Phi) is 8.25. The summed E-state index contributed by atoms with van der Waals surface area (Å²) in [5, 5.41) is 15.6. The summed E-state index contributed by atoms with van der Waals surface area (Å²) in [6.45, 7) is -1.24. The molecule has 0 fully saturated rings. The van der Waals surface area contributed by atoms with E-state index in [2.05, 4.69) is 10.6 Å². The highest BCUT2D eigenvalue weighted by molar-refractivity contribution is 6.32. The highest BCUT2D eigenvalue weighted by Gasteiger charge is 2.18. The molecule has 35 heavy (non-hydrogen) atoms. The number of anilines is 1. The minimum Gasteiger partial charge on any atom is -0.454 e. The summed E-state index contributed by atoms with van der Waals surface area (Å²) >= 11 is 5.71. The Morgan fingerprint density at radius 2 is 1.60 bits per heavy atom. The van der Waals surface area contributed by atoms with Gasteiger partial charge in [-0.25, -0.2) is 0 Å². The standard InChI is InChI=1S/C24H18ClN3O7/c25-18-11-10-16(12-20(18)28(33)34)24(32)26-13-22(30)35-14-21(29)27-19-9-5-4-8-17(19)23(31)15-6-2-1-3-7-15/h1-12H,13-14H2,(H,26,32)(H,27,29). The van der Waals surface area contributed by atoms with Gasteiger partial charge in [0.25, 0.3) is 17.5 Å². The zero-order valence-electron chi connectivity index (χ0n) is 18.0. The molecular weight excluding hydrogens is 478 g/mol. The first-order chi connectivity index (χ1) is 16.8. The number of nitro groups is 1. The Hall–Kier alpha value is -4.57. The number of hydrogen-bond donors (Lipinski definition) is 2. The average Bonchev–Trinajstić information content (AvgIpc) is 2.86. The lowest BCUT2D eigenvalue weighted by Gasteiger charge is -2.11. The van der Waals surface area contributed by atoms with Gasteiger partial charge in [0, 0.05) is 22.8 Å². The van der Waals surface area contributed by atoms with E-state index in [-0.39, 0.29) is 27.6 Å². The maximum absolute atomic E-state index is 12.7. The molecule has 0 aliphatic rings. The van der Waals surface area contributed by atoms with E-state index in [1.165, 1.54) is 12.1 Å². The van der Waals surface area contributed by atoms with Crippen molar-refractivity contribution in [1.29, 1.82) is 0 Å². The quantitative estimate of drug-likeness (QED) is 0.200.